The Morgan fingerprint density at radius 1 is 1.04 bits per heavy atom. The van der Waals surface area contributed by atoms with Crippen molar-refractivity contribution in [3.8, 4) is 0 Å². The number of pyridine rings is 1. The van der Waals surface area contributed by atoms with E-state index in [-0.39, 0.29) is 5.56 Å². The van der Waals surface area contributed by atoms with Gasteiger partial charge in [-0.2, -0.15) is 0 Å². The van der Waals surface area contributed by atoms with Crippen LogP contribution in [-0.4, -0.2) is 54.7 Å². The van der Waals surface area contributed by atoms with Gasteiger partial charge in [0.25, 0.3) is 5.56 Å². The molecule has 1 aromatic heterocycles. The molecule has 158 valence electrons. The third-order valence-electron chi connectivity index (χ3n) is 5.31. The summed E-state index contributed by atoms with van der Waals surface area (Å²) in [6.45, 7) is 11.1. The molecule has 2 N–H and O–H groups in total. The van der Waals surface area contributed by atoms with Gasteiger partial charge in [0.1, 0.15) is 0 Å². The SMILES string of the molecule is CCNC(=NCCCN1CCCCCC1)NCCCCn1c(C)cccc1=O. The van der Waals surface area contributed by atoms with Crippen LogP contribution in [-0.2, 0) is 6.54 Å². The van der Waals surface area contributed by atoms with Crippen LogP contribution in [0.4, 0.5) is 0 Å². The van der Waals surface area contributed by atoms with Crippen molar-refractivity contribution >= 4 is 5.96 Å². The van der Waals surface area contributed by atoms with Crippen LogP contribution in [0.5, 0.6) is 0 Å². The average molecular weight is 390 g/mol. The van der Waals surface area contributed by atoms with Gasteiger partial charge in [0.15, 0.2) is 5.96 Å². The van der Waals surface area contributed by atoms with Gasteiger partial charge in [0.2, 0.25) is 0 Å². The first kappa shape index (κ1) is 22.5. The summed E-state index contributed by atoms with van der Waals surface area (Å²) in [6, 6.07) is 5.44. The molecule has 1 saturated heterocycles. The van der Waals surface area contributed by atoms with Crippen LogP contribution >= 0.6 is 0 Å². The zero-order valence-electron chi connectivity index (χ0n) is 17.9. The first-order valence-electron chi connectivity index (χ1n) is 11.1. The predicted molar refractivity (Wildman–Crippen MR) is 118 cm³/mol. The number of hydrogen-bond acceptors (Lipinski definition) is 3. The lowest BCUT2D eigenvalue weighted by atomic mass is 10.2. The molecule has 1 aliphatic rings. The summed E-state index contributed by atoms with van der Waals surface area (Å²) in [7, 11) is 0. The molecule has 28 heavy (non-hydrogen) atoms. The number of aryl methyl sites for hydroxylation is 1. The van der Waals surface area contributed by atoms with E-state index in [4.69, 9.17) is 4.99 Å². The largest absolute Gasteiger partial charge is 0.357 e. The smallest absolute Gasteiger partial charge is 0.250 e. The maximum absolute atomic E-state index is 11.9. The highest BCUT2D eigenvalue weighted by atomic mass is 16.1. The summed E-state index contributed by atoms with van der Waals surface area (Å²) in [4.78, 5) is 19.2. The highest BCUT2D eigenvalue weighted by Gasteiger charge is 2.08. The number of nitrogens with one attached hydrogen (secondary N) is 2. The Morgan fingerprint density at radius 3 is 2.54 bits per heavy atom. The van der Waals surface area contributed by atoms with Crippen molar-refractivity contribution in [3.63, 3.8) is 0 Å². The minimum absolute atomic E-state index is 0.0901. The fourth-order valence-corrected chi connectivity index (χ4v) is 3.70. The summed E-state index contributed by atoms with van der Waals surface area (Å²) in [5, 5.41) is 6.75. The Morgan fingerprint density at radius 2 is 1.82 bits per heavy atom. The van der Waals surface area contributed by atoms with Gasteiger partial charge in [-0.15, -0.1) is 0 Å². The zero-order chi connectivity index (χ0) is 20.0. The van der Waals surface area contributed by atoms with Crippen LogP contribution < -0.4 is 16.2 Å². The van der Waals surface area contributed by atoms with Crippen LogP contribution in [0.15, 0.2) is 28.0 Å². The summed E-state index contributed by atoms with van der Waals surface area (Å²) >= 11 is 0. The Balaban J connectivity index is 1.64. The summed E-state index contributed by atoms with van der Waals surface area (Å²) in [5.74, 6) is 0.909. The number of guanidine groups is 1. The standard InChI is InChI=1S/C22H39N5O/c1-3-23-22(25-15-11-18-26-16-7-4-5-8-17-26)24-14-6-9-19-27-20(2)12-10-13-21(27)28/h10,12-13H,3-9,11,14-19H2,1-2H3,(H2,23,24,25). The molecule has 0 unspecified atom stereocenters. The number of rotatable bonds is 10. The highest BCUT2D eigenvalue weighted by Crippen LogP contribution is 2.09. The highest BCUT2D eigenvalue weighted by molar-refractivity contribution is 5.79. The molecular weight excluding hydrogens is 350 g/mol. The first-order valence-corrected chi connectivity index (χ1v) is 11.1. The van der Waals surface area contributed by atoms with Crippen LogP contribution in [0.1, 0.15) is 57.6 Å². The summed E-state index contributed by atoms with van der Waals surface area (Å²) in [6.07, 6.45) is 8.59. The van der Waals surface area contributed by atoms with Gasteiger partial charge in [0, 0.05) is 37.9 Å². The van der Waals surface area contributed by atoms with Crippen molar-refractivity contribution in [2.24, 2.45) is 4.99 Å². The van der Waals surface area contributed by atoms with Gasteiger partial charge < -0.3 is 20.1 Å². The molecule has 0 atom stereocenters. The van der Waals surface area contributed by atoms with Crippen LogP contribution in [0.2, 0.25) is 0 Å². The van der Waals surface area contributed by atoms with Crippen molar-refractivity contribution < 1.29 is 0 Å². The Labute approximate surface area is 170 Å². The second kappa shape index (κ2) is 13.4. The molecule has 2 rings (SSSR count). The Bertz CT molecular complexity index is 632. The molecule has 6 nitrogen and oxygen atoms in total. The molecule has 0 radical (unpaired) electrons. The fourth-order valence-electron chi connectivity index (χ4n) is 3.70. The van der Waals surface area contributed by atoms with Gasteiger partial charge in [-0.05, 0) is 71.7 Å². The van der Waals surface area contributed by atoms with E-state index >= 15 is 0 Å². The second-order valence-electron chi connectivity index (χ2n) is 7.66. The van der Waals surface area contributed by atoms with E-state index in [1.54, 1.807) is 6.07 Å². The molecule has 1 fully saturated rings. The van der Waals surface area contributed by atoms with E-state index in [9.17, 15) is 4.79 Å². The van der Waals surface area contributed by atoms with Gasteiger partial charge >= 0.3 is 0 Å². The van der Waals surface area contributed by atoms with Gasteiger partial charge in [-0.25, -0.2) is 0 Å². The monoisotopic (exact) mass is 389 g/mol. The maximum Gasteiger partial charge on any atom is 0.250 e. The lowest BCUT2D eigenvalue weighted by Gasteiger charge is -2.19. The normalized spacial score (nSPS) is 16.0. The first-order chi connectivity index (χ1) is 13.7. The van der Waals surface area contributed by atoms with Gasteiger partial charge in [-0.1, -0.05) is 18.9 Å². The molecule has 0 spiro atoms. The molecule has 2 heterocycles. The van der Waals surface area contributed by atoms with Crippen molar-refractivity contribution in [2.75, 3.05) is 39.3 Å². The minimum Gasteiger partial charge on any atom is -0.357 e. The zero-order valence-corrected chi connectivity index (χ0v) is 17.9. The number of hydrogen-bond donors (Lipinski definition) is 2. The number of nitrogens with zero attached hydrogens (tertiary/aromatic N) is 3. The van der Waals surface area contributed by atoms with Crippen molar-refractivity contribution in [1.82, 2.24) is 20.1 Å². The fraction of sp³-hybridized carbons (Fsp3) is 0.727. The van der Waals surface area contributed by atoms with Crippen LogP contribution in [0, 0.1) is 6.92 Å². The average Bonchev–Trinajstić information content (AvgIpc) is 2.95. The van der Waals surface area contributed by atoms with Crippen molar-refractivity contribution in [1.29, 1.82) is 0 Å². The minimum atomic E-state index is 0.0901. The topological polar surface area (TPSA) is 61.7 Å². The molecule has 0 saturated carbocycles. The van der Waals surface area contributed by atoms with E-state index in [2.05, 4.69) is 22.5 Å². The van der Waals surface area contributed by atoms with Crippen LogP contribution in [0.3, 0.4) is 0 Å². The molecule has 0 amide bonds. The number of aliphatic imine (C=N–C) groups is 1. The number of likely N-dealkylation sites (tertiary alicyclic amines) is 1. The van der Waals surface area contributed by atoms with Crippen molar-refractivity contribution in [2.45, 2.75) is 65.3 Å². The number of aromatic nitrogens is 1. The third kappa shape index (κ3) is 8.46. The van der Waals surface area contributed by atoms with Gasteiger partial charge in [-0.3, -0.25) is 9.79 Å². The van der Waals surface area contributed by atoms with E-state index in [1.165, 1.54) is 38.8 Å². The van der Waals surface area contributed by atoms with E-state index < -0.39 is 0 Å². The number of unbranched alkanes of at least 4 members (excludes halogenated alkanes) is 1. The third-order valence-corrected chi connectivity index (χ3v) is 5.31. The van der Waals surface area contributed by atoms with Gasteiger partial charge in [0.05, 0.1) is 0 Å². The second-order valence-corrected chi connectivity index (χ2v) is 7.66. The van der Waals surface area contributed by atoms with E-state index in [1.807, 2.05) is 23.6 Å². The molecule has 1 aliphatic heterocycles. The summed E-state index contributed by atoms with van der Waals surface area (Å²) in [5.41, 5.74) is 1.12. The van der Waals surface area contributed by atoms with E-state index in [0.29, 0.717) is 0 Å². The molecule has 1 aromatic rings. The molecular formula is C22H39N5O. The predicted octanol–water partition coefficient (Wildman–Crippen LogP) is 2.76. The quantitative estimate of drug-likeness (QED) is 0.367. The lowest BCUT2D eigenvalue weighted by molar-refractivity contribution is 0.283. The molecule has 6 heteroatoms. The molecule has 0 aromatic carbocycles. The lowest BCUT2D eigenvalue weighted by Crippen LogP contribution is -2.38. The Hall–Kier alpha value is -1.82. The van der Waals surface area contributed by atoms with Crippen LogP contribution in [0.25, 0.3) is 0 Å². The van der Waals surface area contributed by atoms with E-state index in [0.717, 1.165) is 63.6 Å². The Kier molecular flexibility index (Phi) is 10.7. The maximum atomic E-state index is 11.9. The molecule has 0 aliphatic carbocycles. The summed E-state index contributed by atoms with van der Waals surface area (Å²) < 4.78 is 1.85. The molecule has 0 bridgehead atoms. The van der Waals surface area contributed by atoms with Crippen molar-refractivity contribution in [3.05, 3.63) is 34.2 Å².